The first kappa shape index (κ1) is 21.9. The van der Waals surface area contributed by atoms with Crippen molar-refractivity contribution in [2.45, 2.75) is 24.1 Å². The quantitative estimate of drug-likeness (QED) is 0.380. The number of anilines is 1. The number of carbonyl (C=O) groups is 1. The number of hydrogen-bond donors (Lipinski definition) is 0. The highest BCUT2D eigenvalue weighted by Crippen LogP contribution is 2.24. The molecule has 9 heteroatoms. The molecule has 2 heterocycles. The molecular formula is C23H19FN2O4S2. The van der Waals surface area contributed by atoms with E-state index >= 15 is 0 Å². The van der Waals surface area contributed by atoms with Crippen LogP contribution in [-0.2, 0) is 22.1 Å². The second-order valence-corrected chi connectivity index (χ2v) is 10.1. The first-order chi connectivity index (χ1) is 15.3. The number of aryl methyl sites for hydroxylation is 1. The van der Waals surface area contributed by atoms with E-state index in [1.54, 1.807) is 18.2 Å². The third kappa shape index (κ3) is 4.95. The van der Waals surface area contributed by atoms with Crippen LogP contribution in [0.2, 0.25) is 0 Å². The molecule has 0 spiro atoms. The Bertz CT molecular complexity index is 1330. The number of nitrogens with zero attached hydrogens (tertiary/aromatic N) is 2. The van der Waals surface area contributed by atoms with Crippen molar-refractivity contribution < 1.29 is 22.0 Å². The first-order valence-electron chi connectivity index (χ1n) is 9.67. The van der Waals surface area contributed by atoms with E-state index in [-0.39, 0.29) is 28.7 Å². The minimum atomic E-state index is -3.62. The largest absolute Gasteiger partial charge is 0.455 e. The van der Waals surface area contributed by atoms with Crippen molar-refractivity contribution >= 4 is 32.8 Å². The van der Waals surface area contributed by atoms with Crippen LogP contribution in [0.25, 0.3) is 0 Å². The lowest BCUT2D eigenvalue weighted by molar-refractivity contribution is 0.0956. The van der Waals surface area contributed by atoms with Crippen LogP contribution < -0.4 is 4.90 Å². The highest BCUT2D eigenvalue weighted by molar-refractivity contribution is 7.90. The Hall–Kier alpha value is -3.30. The zero-order chi connectivity index (χ0) is 22.7. The summed E-state index contributed by atoms with van der Waals surface area (Å²) in [7, 11) is -3.62. The van der Waals surface area contributed by atoms with Crippen molar-refractivity contribution in [3.05, 3.63) is 100 Å². The van der Waals surface area contributed by atoms with E-state index < -0.39 is 21.6 Å². The van der Waals surface area contributed by atoms with Gasteiger partial charge in [-0.15, -0.1) is 11.3 Å². The van der Waals surface area contributed by atoms with Gasteiger partial charge in [0.1, 0.15) is 17.3 Å². The van der Waals surface area contributed by atoms with E-state index in [0.717, 1.165) is 5.01 Å². The second kappa shape index (κ2) is 9.05. The predicted octanol–water partition coefficient (Wildman–Crippen LogP) is 5.00. The van der Waals surface area contributed by atoms with Gasteiger partial charge in [-0.05, 0) is 55.5 Å². The first-order valence-corrected chi connectivity index (χ1v) is 12.2. The molecule has 1 amide bonds. The van der Waals surface area contributed by atoms with Crippen LogP contribution >= 0.6 is 11.3 Å². The van der Waals surface area contributed by atoms with Gasteiger partial charge in [-0.25, -0.2) is 17.8 Å². The molecule has 0 saturated carbocycles. The minimum Gasteiger partial charge on any atom is -0.455 e. The SMILES string of the molecule is Cc1nc(CN(C(=O)c2ccc(CS(=O)(=O)c3ccccc3)o2)c2ccc(F)cc2)cs1. The monoisotopic (exact) mass is 470 g/mol. The summed E-state index contributed by atoms with van der Waals surface area (Å²) in [4.78, 5) is 19.2. The van der Waals surface area contributed by atoms with E-state index in [4.69, 9.17) is 4.42 Å². The lowest BCUT2D eigenvalue weighted by atomic mass is 10.2. The molecule has 0 aliphatic rings. The fraction of sp³-hybridized carbons (Fsp3) is 0.130. The summed E-state index contributed by atoms with van der Waals surface area (Å²) in [5.41, 5.74) is 1.15. The summed E-state index contributed by atoms with van der Waals surface area (Å²) in [6.45, 7) is 2.03. The number of sulfone groups is 1. The third-order valence-corrected chi connectivity index (χ3v) is 7.15. The van der Waals surface area contributed by atoms with Gasteiger partial charge in [0.25, 0.3) is 5.91 Å². The minimum absolute atomic E-state index is 0.0143. The number of thiazole rings is 1. The van der Waals surface area contributed by atoms with E-state index in [0.29, 0.717) is 11.4 Å². The molecule has 0 fully saturated rings. The van der Waals surface area contributed by atoms with Crippen molar-refractivity contribution in [2.75, 3.05) is 4.90 Å². The molecule has 32 heavy (non-hydrogen) atoms. The number of aromatic nitrogens is 1. The molecule has 0 saturated heterocycles. The number of furan rings is 1. The number of hydrogen-bond acceptors (Lipinski definition) is 6. The Morgan fingerprint density at radius 2 is 1.78 bits per heavy atom. The van der Waals surface area contributed by atoms with Gasteiger partial charge in [0.2, 0.25) is 0 Å². The number of benzene rings is 2. The van der Waals surface area contributed by atoms with Crippen LogP contribution in [-0.4, -0.2) is 19.3 Å². The average molecular weight is 471 g/mol. The summed E-state index contributed by atoms with van der Waals surface area (Å²) in [6.07, 6.45) is 0. The lowest BCUT2D eigenvalue weighted by Crippen LogP contribution is -2.30. The Kier molecular flexibility index (Phi) is 6.20. The van der Waals surface area contributed by atoms with Crippen molar-refractivity contribution in [2.24, 2.45) is 0 Å². The maximum Gasteiger partial charge on any atom is 0.294 e. The van der Waals surface area contributed by atoms with E-state index in [1.807, 2.05) is 12.3 Å². The van der Waals surface area contributed by atoms with Crippen LogP contribution in [0.3, 0.4) is 0 Å². The van der Waals surface area contributed by atoms with Gasteiger partial charge >= 0.3 is 0 Å². The Labute approximate surface area is 188 Å². The molecule has 0 radical (unpaired) electrons. The number of rotatable bonds is 7. The fourth-order valence-electron chi connectivity index (χ4n) is 3.15. The van der Waals surface area contributed by atoms with Crippen LogP contribution in [0, 0.1) is 12.7 Å². The number of carbonyl (C=O) groups excluding carboxylic acids is 1. The van der Waals surface area contributed by atoms with Gasteiger partial charge in [-0.2, -0.15) is 0 Å². The molecule has 164 valence electrons. The zero-order valence-corrected chi connectivity index (χ0v) is 18.7. The lowest BCUT2D eigenvalue weighted by Gasteiger charge is -2.21. The molecule has 0 aliphatic carbocycles. The molecule has 2 aromatic heterocycles. The molecule has 0 atom stereocenters. The maximum absolute atomic E-state index is 13.4. The number of halogens is 1. The Balaban J connectivity index is 1.60. The second-order valence-electron chi connectivity index (χ2n) is 7.06. The molecular weight excluding hydrogens is 451 g/mol. The molecule has 6 nitrogen and oxygen atoms in total. The van der Waals surface area contributed by atoms with Crippen LogP contribution in [0.1, 0.15) is 27.0 Å². The van der Waals surface area contributed by atoms with Crippen molar-refractivity contribution in [3.8, 4) is 0 Å². The molecule has 4 aromatic rings. The highest BCUT2D eigenvalue weighted by atomic mass is 32.2. The summed E-state index contributed by atoms with van der Waals surface area (Å²) >= 11 is 1.46. The fourth-order valence-corrected chi connectivity index (χ4v) is 5.02. The van der Waals surface area contributed by atoms with Crippen molar-refractivity contribution in [1.29, 1.82) is 0 Å². The third-order valence-electron chi connectivity index (χ3n) is 4.68. The summed E-state index contributed by atoms with van der Waals surface area (Å²) in [6, 6.07) is 16.5. The van der Waals surface area contributed by atoms with Gasteiger partial charge in [0.05, 0.1) is 22.1 Å². The summed E-state index contributed by atoms with van der Waals surface area (Å²) in [5.74, 6) is -1.13. The normalized spacial score (nSPS) is 11.4. The Morgan fingerprint density at radius 1 is 1.06 bits per heavy atom. The average Bonchev–Trinajstić information content (AvgIpc) is 3.41. The van der Waals surface area contributed by atoms with Gasteiger partial charge in [-0.1, -0.05) is 18.2 Å². The van der Waals surface area contributed by atoms with E-state index in [2.05, 4.69) is 4.98 Å². The standard InChI is InChI=1S/C23H19FN2O4S2/c1-16-25-18(14-31-16)13-26(19-9-7-17(24)8-10-19)23(27)22-12-11-20(30-22)15-32(28,29)21-5-3-2-4-6-21/h2-12,14H,13,15H2,1H3. The van der Waals surface area contributed by atoms with Gasteiger partial charge in [0, 0.05) is 11.1 Å². The van der Waals surface area contributed by atoms with E-state index in [9.17, 15) is 17.6 Å². The van der Waals surface area contributed by atoms with Crippen LogP contribution in [0.15, 0.2) is 81.4 Å². The van der Waals surface area contributed by atoms with Gasteiger partial charge in [-0.3, -0.25) is 9.69 Å². The van der Waals surface area contributed by atoms with Crippen molar-refractivity contribution in [1.82, 2.24) is 4.98 Å². The smallest absolute Gasteiger partial charge is 0.294 e. The zero-order valence-electron chi connectivity index (χ0n) is 17.1. The van der Waals surface area contributed by atoms with Crippen molar-refractivity contribution in [3.63, 3.8) is 0 Å². The van der Waals surface area contributed by atoms with Gasteiger partial charge in [0.15, 0.2) is 15.6 Å². The maximum atomic E-state index is 13.4. The molecule has 2 aromatic carbocycles. The molecule has 0 unspecified atom stereocenters. The molecule has 0 bridgehead atoms. The van der Waals surface area contributed by atoms with E-state index in [1.165, 1.54) is 64.8 Å². The predicted molar refractivity (Wildman–Crippen MR) is 120 cm³/mol. The topological polar surface area (TPSA) is 80.5 Å². The molecule has 0 aliphatic heterocycles. The molecule has 4 rings (SSSR count). The van der Waals surface area contributed by atoms with Crippen LogP contribution in [0.4, 0.5) is 10.1 Å². The highest BCUT2D eigenvalue weighted by Gasteiger charge is 2.24. The number of amides is 1. The summed E-state index contributed by atoms with van der Waals surface area (Å²) in [5, 5.41) is 2.71. The molecule has 0 N–H and O–H groups in total. The van der Waals surface area contributed by atoms with Gasteiger partial charge < -0.3 is 4.42 Å². The Morgan fingerprint density at radius 3 is 2.44 bits per heavy atom. The summed E-state index contributed by atoms with van der Waals surface area (Å²) < 4.78 is 44.3. The van der Waals surface area contributed by atoms with Crippen LogP contribution in [0.5, 0.6) is 0 Å².